The van der Waals surface area contributed by atoms with Crippen LogP contribution in [-0.2, 0) is 14.3 Å². The largest absolute Gasteiger partial charge is 0.493 e. The van der Waals surface area contributed by atoms with Crippen molar-refractivity contribution in [1.82, 2.24) is 0 Å². The molecule has 0 spiro atoms. The van der Waals surface area contributed by atoms with Crippen LogP contribution in [0.4, 0.5) is 0 Å². The molecule has 4 aromatic rings. The molecule has 2 unspecified atom stereocenters. The van der Waals surface area contributed by atoms with Crippen molar-refractivity contribution in [3.05, 3.63) is 94.1 Å². The molecule has 0 saturated carbocycles. The predicted octanol–water partition coefficient (Wildman–Crippen LogP) is 5.94. The standard InChI is InChI=1S/C24H24O9S.C23H22O7/c1-24(12-31-34(4,26)27)8-7-13-16(33-24)6-5-14-22(25)21-15-9-18(28-2)19(29-3)10-17(15)30-11-20(21)32-23(13)14;1-23(11-24)7-6-12-15(30-23)5-4-13-21(25)20-14-8-17(26-2)18(27-3)9-16(14)28-10-19(20)29-22(12)13/h5-10,20-21H,11-12H2,1-4H3;4-9,19-20,24H,10-11H2,1-3H3/t20-,21+,24?;19-,20+,23?/m11/s1. The quantitative estimate of drug-likeness (QED) is 0.204. The molecule has 0 radical (unpaired) electrons. The lowest BCUT2D eigenvalue weighted by Gasteiger charge is -2.39. The highest BCUT2D eigenvalue weighted by atomic mass is 32.2. The summed E-state index contributed by atoms with van der Waals surface area (Å²) in [6.07, 6.45) is 7.06. The number of fused-ring (bicyclic) bond motifs is 12. The maximum atomic E-state index is 13.6. The molecule has 0 amide bonds. The molecule has 6 atom stereocenters. The second-order valence-electron chi connectivity index (χ2n) is 16.4. The molecule has 0 aromatic heterocycles. The smallest absolute Gasteiger partial charge is 0.264 e. The van der Waals surface area contributed by atoms with E-state index in [4.69, 9.17) is 51.6 Å². The topological polar surface area (TPSA) is 190 Å². The zero-order valence-corrected chi connectivity index (χ0v) is 36.9. The molecule has 4 aromatic carbocycles. The minimum absolute atomic E-state index is 0.0373. The molecule has 336 valence electrons. The van der Waals surface area contributed by atoms with Crippen molar-refractivity contribution in [3.63, 3.8) is 0 Å². The van der Waals surface area contributed by atoms with Gasteiger partial charge in [0, 0.05) is 23.3 Å². The van der Waals surface area contributed by atoms with Gasteiger partial charge in [-0.25, -0.2) is 0 Å². The van der Waals surface area contributed by atoms with Crippen LogP contribution in [0.25, 0.3) is 12.2 Å². The number of ketones is 2. The zero-order chi connectivity index (χ0) is 45.3. The molecule has 0 bridgehead atoms. The molecule has 16 nitrogen and oxygen atoms in total. The molecule has 10 rings (SSSR count). The van der Waals surface area contributed by atoms with Crippen molar-refractivity contribution in [2.24, 2.45) is 0 Å². The number of methoxy groups -OCH3 is 4. The number of Topliss-reactive ketones (excluding diaryl/α,β-unsaturated/α-hetero) is 2. The predicted molar refractivity (Wildman–Crippen MR) is 230 cm³/mol. The van der Waals surface area contributed by atoms with Crippen molar-refractivity contribution < 1.29 is 74.7 Å². The number of aliphatic hydroxyl groups excluding tert-OH is 1. The van der Waals surface area contributed by atoms with E-state index in [1.807, 2.05) is 6.08 Å². The highest BCUT2D eigenvalue weighted by Crippen LogP contribution is 2.52. The average molecular weight is 899 g/mol. The Kier molecular flexibility index (Phi) is 10.7. The van der Waals surface area contributed by atoms with Gasteiger partial charge in [-0.3, -0.25) is 13.8 Å². The number of carbonyl (C=O) groups is 2. The normalized spacial score (nSPS) is 24.9. The Morgan fingerprint density at radius 2 is 1.06 bits per heavy atom. The average Bonchev–Trinajstić information content (AvgIpc) is 3.29. The molecule has 6 aliphatic heterocycles. The van der Waals surface area contributed by atoms with Crippen LogP contribution in [0, 0.1) is 0 Å². The third kappa shape index (κ3) is 7.40. The summed E-state index contributed by atoms with van der Waals surface area (Å²) in [6.45, 7) is 3.60. The summed E-state index contributed by atoms with van der Waals surface area (Å²) in [5.41, 5.74) is 1.85. The van der Waals surface area contributed by atoms with Gasteiger partial charge in [0.15, 0.2) is 34.6 Å². The first-order valence-electron chi connectivity index (χ1n) is 20.3. The Labute approximate surface area is 369 Å². The Balaban J connectivity index is 0.000000163. The van der Waals surface area contributed by atoms with Gasteiger partial charge in [0.25, 0.3) is 10.1 Å². The van der Waals surface area contributed by atoms with E-state index in [2.05, 4.69) is 0 Å². The van der Waals surface area contributed by atoms with Gasteiger partial charge in [-0.2, -0.15) is 8.42 Å². The Bertz CT molecular complexity index is 2760. The van der Waals surface area contributed by atoms with E-state index in [1.54, 1.807) is 94.8 Å². The highest BCUT2D eigenvalue weighted by Gasteiger charge is 2.47. The Morgan fingerprint density at radius 3 is 1.48 bits per heavy atom. The monoisotopic (exact) mass is 898 g/mol. The van der Waals surface area contributed by atoms with Gasteiger partial charge in [-0.05, 0) is 74.5 Å². The number of rotatable bonds is 8. The third-order valence-electron chi connectivity index (χ3n) is 12.0. The van der Waals surface area contributed by atoms with Crippen LogP contribution in [0.2, 0.25) is 0 Å². The van der Waals surface area contributed by atoms with Gasteiger partial charge in [-0.15, -0.1) is 0 Å². The maximum absolute atomic E-state index is 13.6. The molecular formula is C47H46O16S. The van der Waals surface area contributed by atoms with Gasteiger partial charge < -0.3 is 52.5 Å². The number of aliphatic hydroxyl groups is 1. The van der Waals surface area contributed by atoms with Crippen LogP contribution in [0.3, 0.4) is 0 Å². The van der Waals surface area contributed by atoms with Crippen molar-refractivity contribution in [2.45, 2.75) is 49.1 Å². The fourth-order valence-corrected chi connectivity index (χ4v) is 9.11. The first-order valence-corrected chi connectivity index (χ1v) is 22.2. The molecule has 1 N–H and O–H groups in total. The van der Waals surface area contributed by atoms with E-state index in [0.29, 0.717) is 85.3 Å². The summed E-state index contributed by atoms with van der Waals surface area (Å²) >= 11 is 0. The number of carbonyl (C=O) groups excluding carboxylic acids is 2. The highest BCUT2D eigenvalue weighted by molar-refractivity contribution is 7.86. The fraction of sp³-hybridized carbons (Fsp3) is 0.362. The first kappa shape index (κ1) is 42.9. The van der Waals surface area contributed by atoms with Gasteiger partial charge in [0.1, 0.15) is 77.7 Å². The SMILES string of the molecule is COc1cc2c(cc1OC)[C@@H]1C(=O)c3ccc4c(c3O[C@@H]1CO2)C=CC(C)(CO)O4.COc1cc2c(cc1OC)[C@@H]1C(=O)c3ccc4c(c3O[C@@H]1CO2)C=CC(C)(COS(C)(=O)=O)O4. The van der Waals surface area contributed by atoms with Crippen LogP contribution in [0.1, 0.15) is 68.7 Å². The van der Waals surface area contributed by atoms with Crippen molar-refractivity contribution in [3.8, 4) is 57.5 Å². The molecule has 6 aliphatic rings. The Morgan fingerprint density at radius 1 is 0.641 bits per heavy atom. The summed E-state index contributed by atoms with van der Waals surface area (Å²) in [7, 11) is 2.56. The lowest BCUT2D eigenvalue weighted by molar-refractivity contribution is 0.0522. The van der Waals surface area contributed by atoms with E-state index >= 15 is 0 Å². The van der Waals surface area contributed by atoms with Crippen LogP contribution in [0.5, 0.6) is 57.5 Å². The van der Waals surface area contributed by atoms with E-state index < -0.39 is 45.4 Å². The minimum atomic E-state index is -3.62. The van der Waals surface area contributed by atoms with E-state index in [-0.39, 0.29) is 38.0 Å². The van der Waals surface area contributed by atoms with Crippen molar-refractivity contribution in [1.29, 1.82) is 0 Å². The summed E-state index contributed by atoms with van der Waals surface area (Å²) in [6, 6.07) is 13.8. The number of ether oxygens (including phenoxy) is 10. The summed E-state index contributed by atoms with van der Waals surface area (Å²) in [4.78, 5) is 27.2. The number of benzene rings is 4. The Hall–Kier alpha value is -6.43. The van der Waals surface area contributed by atoms with Crippen LogP contribution >= 0.6 is 0 Å². The van der Waals surface area contributed by atoms with Crippen LogP contribution in [0.15, 0.2) is 60.7 Å². The molecule has 0 fully saturated rings. The van der Waals surface area contributed by atoms with Crippen LogP contribution < -0.4 is 47.4 Å². The van der Waals surface area contributed by atoms with Crippen molar-refractivity contribution in [2.75, 3.05) is 61.1 Å². The minimum Gasteiger partial charge on any atom is -0.493 e. The van der Waals surface area contributed by atoms with Crippen molar-refractivity contribution >= 4 is 33.8 Å². The lowest BCUT2D eigenvalue weighted by atomic mass is 9.81. The summed E-state index contributed by atoms with van der Waals surface area (Å²) < 4.78 is 85.6. The zero-order valence-electron chi connectivity index (χ0n) is 36.0. The van der Waals surface area contributed by atoms with Crippen LogP contribution in [-0.4, -0.2) is 110 Å². The van der Waals surface area contributed by atoms with Gasteiger partial charge in [-0.1, -0.05) is 0 Å². The molecule has 6 heterocycles. The van der Waals surface area contributed by atoms with E-state index in [0.717, 1.165) is 11.8 Å². The van der Waals surface area contributed by atoms with Gasteiger partial charge >= 0.3 is 0 Å². The molecule has 17 heteroatoms. The second-order valence-corrected chi connectivity index (χ2v) is 18.1. The third-order valence-corrected chi connectivity index (χ3v) is 12.5. The molecule has 0 aliphatic carbocycles. The first-order chi connectivity index (χ1) is 30.6. The number of hydrogen-bond acceptors (Lipinski definition) is 16. The maximum Gasteiger partial charge on any atom is 0.264 e. The summed E-state index contributed by atoms with van der Waals surface area (Å²) in [5, 5.41) is 9.59. The van der Waals surface area contributed by atoms with E-state index in [1.165, 1.54) is 14.2 Å². The molecule has 0 saturated heterocycles. The van der Waals surface area contributed by atoms with Gasteiger partial charge in [0.05, 0.1) is 75.4 Å². The van der Waals surface area contributed by atoms with Gasteiger partial charge in [0.2, 0.25) is 0 Å². The fourth-order valence-electron chi connectivity index (χ4n) is 8.66. The molecular weight excluding hydrogens is 853 g/mol. The molecule has 64 heavy (non-hydrogen) atoms. The summed E-state index contributed by atoms with van der Waals surface area (Å²) in [5.74, 6) is 4.00. The lowest BCUT2D eigenvalue weighted by Crippen LogP contribution is -2.43. The number of hydrogen-bond donors (Lipinski definition) is 1. The van der Waals surface area contributed by atoms with E-state index in [9.17, 15) is 23.1 Å². The second kappa shape index (κ2) is 16.0.